The van der Waals surface area contributed by atoms with E-state index in [2.05, 4.69) is 15.2 Å². The van der Waals surface area contributed by atoms with E-state index in [1.54, 1.807) is 25.3 Å². The lowest BCUT2D eigenvalue weighted by molar-refractivity contribution is -0.101. The van der Waals surface area contributed by atoms with Crippen molar-refractivity contribution >= 4 is 15.7 Å². The fourth-order valence-electron chi connectivity index (χ4n) is 2.67. The fraction of sp³-hybridized carbons (Fsp3) is 0.667. The third-order valence-electron chi connectivity index (χ3n) is 4.50. The van der Waals surface area contributed by atoms with Crippen molar-refractivity contribution < 1.29 is 18.3 Å². The molecule has 130 valence electrons. The first-order chi connectivity index (χ1) is 10.9. The van der Waals surface area contributed by atoms with Gasteiger partial charge in [0.25, 0.3) is 0 Å². The number of aliphatic hydroxyl groups excluding tert-OH is 1. The van der Waals surface area contributed by atoms with Crippen molar-refractivity contribution in [3.63, 3.8) is 0 Å². The van der Waals surface area contributed by atoms with Gasteiger partial charge in [-0.15, -0.1) is 0 Å². The average Bonchev–Trinajstić information content (AvgIpc) is 2.57. The Morgan fingerprint density at radius 1 is 1.57 bits per heavy atom. The number of sulfone groups is 1. The van der Waals surface area contributed by atoms with Gasteiger partial charge >= 0.3 is 0 Å². The number of likely N-dealkylation sites (N-methyl/N-ethyl adjacent to an activating group) is 1. The second-order valence-electron chi connectivity index (χ2n) is 5.96. The molecule has 0 unspecified atom stereocenters. The standard InChI is InChI=1S/C15H25N3O4S/c1-4-23(20,21)13-6-5-7-16-14(13)17-9-15(10-19)11-22-8-12(2)18(15)3/h5-7,12,19H,4,8-11H2,1-3H3,(H,16,17)/t12-,15+/m1/s1. The Bertz CT molecular complexity index is 637. The molecule has 0 bridgehead atoms. The van der Waals surface area contributed by atoms with Crippen molar-refractivity contribution in [1.82, 2.24) is 9.88 Å². The molecule has 1 aliphatic heterocycles. The van der Waals surface area contributed by atoms with Crippen LogP contribution in [-0.2, 0) is 14.6 Å². The summed E-state index contributed by atoms with van der Waals surface area (Å²) < 4.78 is 29.9. The highest BCUT2D eigenvalue weighted by atomic mass is 32.2. The lowest BCUT2D eigenvalue weighted by Gasteiger charge is -2.47. The van der Waals surface area contributed by atoms with Gasteiger partial charge in [-0.1, -0.05) is 6.92 Å². The molecular weight excluding hydrogens is 318 g/mol. The number of nitrogens with one attached hydrogen (secondary N) is 1. The zero-order chi connectivity index (χ0) is 17.1. The summed E-state index contributed by atoms with van der Waals surface area (Å²) in [5.74, 6) is 0.326. The van der Waals surface area contributed by atoms with Crippen molar-refractivity contribution in [2.45, 2.75) is 30.3 Å². The third-order valence-corrected chi connectivity index (χ3v) is 6.26. The van der Waals surface area contributed by atoms with Crippen LogP contribution in [0.3, 0.4) is 0 Å². The van der Waals surface area contributed by atoms with Crippen LogP contribution in [0.5, 0.6) is 0 Å². The van der Waals surface area contributed by atoms with Crippen LogP contribution in [-0.4, -0.2) is 74.2 Å². The third kappa shape index (κ3) is 3.65. The molecule has 1 aromatic heterocycles. The molecule has 2 heterocycles. The van der Waals surface area contributed by atoms with Gasteiger partial charge in [0, 0.05) is 18.8 Å². The number of hydrogen-bond acceptors (Lipinski definition) is 7. The summed E-state index contributed by atoms with van der Waals surface area (Å²) in [6.07, 6.45) is 1.55. The van der Waals surface area contributed by atoms with Crippen LogP contribution < -0.4 is 5.32 Å². The largest absolute Gasteiger partial charge is 0.394 e. The number of aromatic nitrogens is 1. The van der Waals surface area contributed by atoms with Gasteiger partial charge in [-0.3, -0.25) is 4.90 Å². The molecule has 7 nitrogen and oxygen atoms in total. The smallest absolute Gasteiger partial charge is 0.181 e. The Morgan fingerprint density at radius 2 is 2.30 bits per heavy atom. The van der Waals surface area contributed by atoms with E-state index in [0.29, 0.717) is 25.6 Å². The van der Waals surface area contributed by atoms with E-state index < -0.39 is 15.4 Å². The summed E-state index contributed by atoms with van der Waals surface area (Å²) in [6, 6.07) is 3.32. The van der Waals surface area contributed by atoms with Gasteiger partial charge in [0.05, 0.1) is 31.1 Å². The molecule has 8 heteroatoms. The van der Waals surface area contributed by atoms with E-state index in [1.165, 1.54) is 0 Å². The predicted molar refractivity (Wildman–Crippen MR) is 88.3 cm³/mol. The molecule has 1 fully saturated rings. The Morgan fingerprint density at radius 3 is 2.96 bits per heavy atom. The molecule has 0 aliphatic carbocycles. The second-order valence-corrected chi connectivity index (χ2v) is 8.21. The summed E-state index contributed by atoms with van der Waals surface area (Å²) in [5, 5.41) is 13.0. The minimum atomic E-state index is -3.36. The maximum Gasteiger partial charge on any atom is 0.181 e. The topological polar surface area (TPSA) is 91.8 Å². The molecule has 1 saturated heterocycles. The average molecular weight is 343 g/mol. The molecule has 0 radical (unpaired) electrons. The van der Waals surface area contributed by atoms with Gasteiger partial charge in [0.1, 0.15) is 10.7 Å². The van der Waals surface area contributed by atoms with Crippen LogP contribution >= 0.6 is 0 Å². The Balaban J connectivity index is 2.23. The number of nitrogens with zero attached hydrogens (tertiary/aromatic N) is 2. The molecule has 1 aliphatic rings. The van der Waals surface area contributed by atoms with E-state index >= 15 is 0 Å². The molecule has 0 amide bonds. The Hall–Kier alpha value is -1.22. The first-order valence-electron chi connectivity index (χ1n) is 7.69. The summed E-state index contributed by atoms with van der Waals surface area (Å²) in [6.45, 7) is 4.86. The van der Waals surface area contributed by atoms with E-state index in [-0.39, 0.29) is 23.3 Å². The summed E-state index contributed by atoms with van der Waals surface area (Å²) >= 11 is 0. The highest BCUT2D eigenvalue weighted by Gasteiger charge is 2.40. The zero-order valence-electron chi connectivity index (χ0n) is 13.8. The van der Waals surface area contributed by atoms with Gasteiger partial charge in [-0.05, 0) is 26.1 Å². The highest BCUT2D eigenvalue weighted by Crippen LogP contribution is 2.25. The summed E-state index contributed by atoms with van der Waals surface area (Å²) in [5.41, 5.74) is -0.609. The maximum atomic E-state index is 12.2. The van der Waals surface area contributed by atoms with Gasteiger partial charge in [-0.2, -0.15) is 0 Å². The maximum absolute atomic E-state index is 12.2. The fourth-order valence-corrected chi connectivity index (χ4v) is 3.68. The SMILES string of the molecule is CCS(=O)(=O)c1cccnc1NC[C@]1(CO)COC[C@@H](C)N1C. The van der Waals surface area contributed by atoms with Crippen LogP contribution in [0.2, 0.25) is 0 Å². The number of ether oxygens (including phenoxy) is 1. The first kappa shape index (κ1) is 18.1. The lowest BCUT2D eigenvalue weighted by atomic mass is 9.96. The van der Waals surface area contributed by atoms with Crippen LogP contribution in [0.4, 0.5) is 5.82 Å². The molecular formula is C15H25N3O4S. The molecule has 0 aromatic carbocycles. The molecule has 2 N–H and O–H groups in total. The van der Waals surface area contributed by atoms with Gasteiger partial charge in [0.2, 0.25) is 0 Å². The molecule has 2 atom stereocenters. The van der Waals surface area contributed by atoms with Crippen LogP contribution in [0.1, 0.15) is 13.8 Å². The predicted octanol–water partition coefficient (Wildman–Crippen LogP) is 0.369. The van der Waals surface area contributed by atoms with Crippen LogP contribution in [0.15, 0.2) is 23.2 Å². The molecule has 23 heavy (non-hydrogen) atoms. The molecule has 2 rings (SSSR count). The van der Waals surface area contributed by atoms with Gasteiger partial charge in [-0.25, -0.2) is 13.4 Å². The quantitative estimate of drug-likeness (QED) is 0.771. The van der Waals surface area contributed by atoms with Crippen molar-refractivity contribution in [3.05, 3.63) is 18.3 Å². The number of hydrogen-bond donors (Lipinski definition) is 2. The number of morpholine rings is 1. The monoisotopic (exact) mass is 343 g/mol. The second kappa shape index (κ2) is 7.12. The van der Waals surface area contributed by atoms with E-state index in [1.807, 2.05) is 14.0 Å². The van der Waals surface area contributed by atoms with Crippen molar-refractivity contribution in [2.24, 2.45) is 0 Å². The summed E-state index contributed by atoms with van der Waals surface area (Å²) in [4.78, 5) is 6.41. The minimum absolute atomic E-state index is 0.0125. The number of pyridine rings is 1. The molecule has 0 saturated carbocycles. The zero-order valence-corrected chi connectivity index (χ0v) is 14.6. The minimum Gasteiger partial charge on any atom is -0.394 e. The van der Waals surface area contributed by atoms with Gasteiger partial charge in [0.15, 0.2) is 9.84 Å². The van der Waals surface area contributed by atoms with Crippen LogP contribution in [0, 0.1) is 0 Å². The van der Waals surface area contributed by atoms with Crippen LogP contribution in [0.25, 0.3) is 0 Å². The van der Waals surface area contributed by atoms with Crippen molar-refractivity contribution in [1.29, 1.82) is 0 Å². The normalized spacial score (nSPS) is 26.2. The van der Waals surface area contributed by atoms with Crippen molar-refractivity contribution in [3.8, 4) is 0 Å². The molecule has 1 aromatic rings. The van der Waals surface area contributed by atoms with Crippen molar-refractivity contribution in [2.75, 3.05) is 44.5 Å². The Labute approximate surface area is 137 Å². The van der Waals surface area contributed by atoms with E-state index in [4.69, 9.17) is 4.74 Å². The first-order valence-corrected chi connectivity index (χ1v) is 9.35. The number of anilines is 1. The van der Waals surface area contributed by atoms with E-state index in [9.17, 15) is 13.5 Å². The number of aliphatic hydroxyl groups is 1. The Kier molecular flexibility index (Phi) is 5.61. The van der Waals surface area contributed by atoms with Gasteiger partial charge < -0.3 is 15.2 Å². The molecule has 0 spiro atoms. The highest BCUT2D eigenvalue weighted by molar-refractivity contribution is 7.91. The lowest BCUT2D eigenvalue weighted by Crippen LogP contribution is -2.64. The number of rotatable bonds is 6. The van der Waals surface area contributed by atoms with E-state index in [0.717, 1.165) is 0 Å². The summed E-state index contributed by atoms with van der Waals surface area (Å²) in [7, 11) is -1.43.